The smallest absolute Gasteiger partial charge is 0.296 e. The minimum absolute atomic E-state index is 0.0299. The van der Waals surface area contributed by atoms with Gasteiger partial charge in [-0.3, -0.25) is 9.59 Å². The number of furan rings is 1. The van der Waals surface area contributed by atoms with Crippen LogP contribution in [0.5, 0.6) is 0 Å². The van der Waals surface area contributed by atoms with E-state index in [-0.39, 0.29) is 17.9 Å². The van der Waals surface area contributed by atoms with E-state index in [1.807, 2.05) is 0 Å². The standard InChI is InChI=1S/C23H18FNO4/c1-14-7-12-18(29-14)20-19(21(26)16-5-3-2-4-6-16)22(27)23(28)25(20)13-15-8-10-17(24)11-9-15/h2-12,20,26H,13H2,1H3/b21-19-. The van der Waals surface area contributed by atoms with Gasteiger partial charge in [-0.15, -0.1) is 0 Å². The second-order valence-corrected chi connectivity index (χ2v) is 6.87. The van der Waals surface area contributed by atoms with E-state index in [2.05, 4.69) is 0 Å². The van der Waals surface area contributed by atoms with Crippen molar-refractivity contribution in [2.24, 2.45) is 0 Å². The van der Waals surface area contributed by atoms with Crippen molar-refractivity contribution < 1.29 is 23.5 Å². The van der Waals surface area contributed by atoms with Crippen LogP contribution in [-0.4, -0.2) is 21.7 Å². The summed E-state index contributed by atoms with van der Waals surface area (Å²) in [6.07, 6.45) is 0. The summed E-state index contributed by atoms with van der Waals surface area (Å²) in [6, 6.07) is 16.8. The van der Waals surface area contributed by atoms with Gasteiger partial charge in [-0.05, 0) is 36.8 Å². The number of nitrogens with zero attached hydrogens (tertiary/aromatic N) is 1. The third kappa shape index (κ3) is 3.45. The number of aliphatic hydroxyl groups is 1. The molecule has 1 fully saturated rings. The van der Waals surface area contributed by atoms with Crippen LogP contribution in [0.25, 0.3) is 5.76 Å². The summed E-state index contributed by atoms with van der Waals surface area (Å²) in [5.74, 6) is -1.19. The van der Waals surface area contributed by atoms with Gasteiger partial charge in [0.1, 0.15) is 29.1 Å². The van der Waals surface area contributed by atoms with Crippen molar-refractivity contribution in [3.63, 3.8) is 0 Å². The molecule has 2 heterocycles. The molecule has 1 atom stereocenters. The van der Waals surface area contributed by atoms with Gasteiger partial charge in [-0.1, -0.05) is 42.5 Å². The lowest BCUT2D eigenvalue weighted by Crippen LogP contribution is -2.29. The summed E-state index contributed by atoms with van der Waals surface area (Å²) in [4.78, 5) is 27.0. The Hall–Kier alpha value is -3.67. The van der Waals surface area contributed by atoms with Crippen LogP contribution in [0.1, 0.15) is 28.7 Å². The zero-order chi connectivity index (χ0) is 20.5. The van der Waals surface area contributed by atoms with Gasteiger partial charge in [0, 0.05) is 12.1 Å². The average Bonchev–Trinajstić information content (AvgIpc) is 3.26. The molecule has 0 bridgehead atoms. The van der Waals surface area contributed by atoms with Crippen LogP contribution in [0.3, 0.4) is 0 Å². The van der Waals surface area contributed by atoms with Crippen LogP contribution in [0.2, 0.25) is 0 Å². The molecule has 29 heavy (non-hydrogen) atoms. The number of carbonyl (C=O) groups is 2. The van der Waals surface area contributed by atoms with Crippen molar-refractivity contribution >= 4 is 17.4 Å². The molecule has 1 unspecified atom stereocenters. The average molecular weight is 391 g/mol. The fourth-order valence-corrected chi connectivity index (χ4v) is 3.48. The lowest BCUT2D eigenvalue weighted by molar-refractivity contribution is -0.140. The van der Waals surface area contributed by atoms with Gasteiger partial charge in [-0.25, -0.2) is 4.39 Å². The normalized spacial score (nSPS) is 18.4. The molecule has 1 aromatic heterocycles. The monoisotopic (exact) mass is 391 g/mol. The number of likely N-dealkylation sites (tertiary alicyclic amines) is 1. The van der Waals surface area contributed by atoms with Crippen molar-refractivity contribution in [3.05, 3.63) is 101 Å². The van der Waals surface area contributed by atoms with Crippen molar-refractivity contribution in [1.29, 1.82) is 0 Å². The highest BCUT2D eigenvalue weighted by Crippen LogP contribution is 2.40. The van der Waals surface area contributed by atoms with Gasteiger partial charge < -0.3 is 14.4 Å². The first-order valence-electron chi connectivity index (χ1n) is 9.10. The SMILES string of the molecule is Cc1ccc(C2/C(=C(/O)c3ccccc3)C(=O)C(=O)N2Cc2ccc(F)cc2)o1. The van der Waals surface area contributed by atoms with E-state index in [9.17, 15) is 19.1 Å². The molecule has 5 nitrogen and oxygen atoms in total. The maximum Gasteiger partial charge on any atom is 0.296 e. The molecule has 4 rings (SSSR count). The van der Waals surface area contributed by atoms with Gasteiger partial charge >= 0.3 is 0 Å². The van der Waals surface area contributed by atoms with Crippen LogP contribution in [0.15, 0.2) is 76.7 Å². The number of halogens is 1. The number of ketones is 1. The fourth-order valence-electron chi connectivity index (χ4n) is 3.48. The highest BCUT2D eigenvalue weighted by atomic mass is 19.1. The van der Waals surface area contributed by atoms with Crippen LogP contribution in [0.4, 0.5) is 4.39 Å². The predicted octanol–water partition coefficient (Wildman–Crippen LogP) is 4.35. The maximum atomic E-state index is 13.2. The number of amides is 1. The van der Waals surface area contributed by atoms with Crippen molar-refractivity contribution in [3.8, 4) is 0 Å². The number of rotatable bonds is 4. The first-order valence-corrected chi connectivity index (χ1v) is 9.10. The van der Waals surface area contributed by atoms with E-state index in [4.69, 9.17) is 4.42 Å². The molecule has 0 radical (unpaired) electrons. The van der Waals surface area contributed by atoms with Crippen molar-refractivity contribution in [2.45, 2.75) is 19.5 Å². The van der Waals surface area contributed by atoms with Gasteiger partial charge in [0.25, 0.3) is 11.7 Å². The Morgan fingerprint density at radius 1 is 1.03 bits per heavy atom. The number of benzene rings is 2. The van der Waals surface area contributed by atoms with Crippen LogP contribution in [-0.2, 0) is 16.1 Å². The number of Topliss-reactive ketones (excluding diaryl/α,β-unsaturated/α-hetero) is 1. The lowest BCUT2D eigenvalue weighted by Gasteiger charge is -2.23. The topological polar surface area (TPSA) is 70.8 Å². The minimum atomic E-state index is -0.881. The van der Waals surface area contributed by atoms with Crippen LogP contribution >= 0.6 is 0 Å². The number of hydrogen-bond acceptors (Lipinski definition) is 4. The second-order valence-electron chi connectivity index (χ2n) is 6.87. The van der Waals surface area contributed by atoms with E-state index in [1.165, 1.54) is 17.0 Å². The molecule has 0 spiro atoms. The fraction of sp³-hybridized carbons (Fsp3) is 0.130. The molecule has 0 aliphatic carbocycles. The van der Waals surface area contributed by atoms with E-state index >= 15 is 0 Å². The summed E-state index contributed by atoms with van der Waals surface area (Å²) in [5, 5.41) is 10.9. The molecule has 3 aromatic rings. The Kier molecular flexibility index (Phi) is 4.76. The Morgan fingerprint density at radius 3 is 2.34 bits per heavy atom. The first kappa shape index (κ1) is 18.7. The number of aryl methyl sites for hydroxylation is 1. The van der Waals surface area contributed by atoms with Crippen LogP contribution < -0.4 is 0 Å². The van der Waals surface area contributed by atoms with E-state index in [0.29, 0.717) is 22.6 Å². The second kappa shape index (κ2) is 7.39. The largest absolute Gasteiger partial charge is 0.507 e. The van der Waals surface area contributed by atoms with Crippen molar-refractivity contribution in [2.75, 3.05) is 0 Å². The lowest BCUT2D eigenvalue weighted by atomic mass is 9.99. The molecule has 1 saturated heterocycles. The predicted molar refractivity (Wildman–Crippen MR) is 104 cm³/mol. The van der Waals surface area contributed by atoms with Crippen molar-refractivity contribution in [1.82, 2.24) is 4.90 Å². The Morgan fingerprint density at radius 2 is 1.72 bits per heavy atom. The quantitative estimate of drug-likeness (QED) is 0.408. The highest BCUT2D eigenvalue weighted by molar-refractivity contribution is 6.46. The van der Waals surface area contributed by atoms with Gasteiger partial charge in [0.15, 0.2) is 0 Å². The maximum absolute atomic E-state index is 13.2. The Labute approximate surface area is 166 Å². The molecular formula is C23H18FNO4. The molecule has 2 aromatic carbocycles. The number of hydrogen-bond donors (Lipinski definition) is 1. The van der Waals surface area contributed by atoms with Gasteiger partial charge in [0.05, 0.1) is 5.57 Å². The van der Waals surface area contributed by atoms with E-state index < -0.39 is 23.5 Å². The molecular weight excluding hydrogens is 373 g/mol. The third-order valence-electron chi connectivity index (χ3n) is 4.88. The number of carbonyl (C=O) groups excluding carboxylic acids is 2. The molecule has 1 amide bonds. The zero-order valence-corrected chi connectivity index (χ0v) is 15.6. The minimum Gasteiger partial charge on any atom is -0.507 e. The van der Waals surface area contributed by atoms with Gasteiger partial charge in [0.2, 0.25) is 0 Å². The molecule has 146 valence electrons. The van der Waals surface area contributed by atoms with Crippen LogP contribution in [0, 0.1) is 12.7 Å². The summed E-state index contributed by atoms with van der Waals surface area (Å²) < 4.78 is 19.0. The molecule has 0 saturated carbocycles. The summed E-state index contributed by atoms with van der Waals surface area (Å²) in [7, 11) is 0. The molecule has 1 N–H and O–H groups in total. The Balaban J connectivity index is 1.83. The summed E-state index contributed by atoms with van der Waals surface area (Å²) >= 11 is 0. The zero-order valence-electron chi connectivity index (χ0n) is 15.6. The highest BCUT2D eigenvalue weighted by Gasteiger charge is 2.47. The molecule has 6 heteroatoms. The Bertz CT molecular complexity index is 1100. The van der Waals surface area contributed by atoms with Gasteiger partial charge in [-0.2, -0.15) is 0 Å². The summed E-state index contributed by atoms with van der Waals surface area (Å²) in [5.41, 5.74) is 1.06. The van der Waals surface area contributed by atoms with E-state index in [0.717, 1.165) is 0 Å². The summed E-state index contributed by atoms with van der Waals surface area (Å²) in [6.45, 7) is 1.83. The third-order valence-corrected chi connectivity index (χ3v) is 4.88. The van der Waals surface area contributed by atoms with E-state index in [1.54, 1.807) is 61.5 Å². The molecule has 1 aliphatic heterocycles. The first-order chi connectivity index (χ1) is 14.0. The molecule has 1 aliphatic rings. The number of aliphatic hydroxyl groups excluding tert-OH is 1.